The Labute approximate surface area is 152 Å². The minimum Gasteiger partial charge on any atom is -0.480 e. The molecule has 0 fully saturated rings. The first-order valence-corrected chi connectivity index (χ1v) is 8.76. The second-order valence-electron chi connectivity index (χ2n) is 7.10. The maximum atomic E-state index is 11.5. The summed E-state index contributed by atoms with van der Waals surface area (Å²) in [6, 6.07) is 18.1. The van der Waals surface area contributed by atoms with Gasteiger partial charge in [-0.25, -0.2) is 0 Å². The van der Waals surface area contributed by atoms with Crippen LogP contribution in [0, 0.1) is 6.92 Å². The average molecular weight is 347 g/mol. The Bertz CT molecular complexity index is 1010. The van der Waals surface area contributed by atoms with Crippen LogP contribution in [-0.2, 0) is 17.6 Å². The summed E-state index contributed by atoms with van der Waals surface area (Å²) in [5, 5.41) is 11.6. The van der Waals surface area contributed by atoms with E-state index >= 15 is 0 Å². The summed E-state index contributed by atoms with van der Waals surface area (Å²) >= 11 is 0. The molecule has 1 unspecified atom stereocenters. The Morgan fingerprint density at radius 3 is 2.65 bits per heavy atom. The molecule has 3 N–H and O–H groups in total. The highest BCUT2D eigenvalue weighted by Crippen LogP contribution is 2.35. The van der Waals surface area contributed by atoms with Gasteiger partial charge in [-0.3, -0.25) is 4.79 Å². The highest BCUT2D eigenvalue weighted by molar-refractivity contribution is 5.91. The van der Waals surface area contributed by atoms with Gasteiger partial charge in [-0.1, -0.05) is 36.4 Å². The van der Waals surface area contributed by atoms with E-state index in [1.807, 2.05) is 36.4 Å². The molecule has 0 heterocycles. The van der Waals surface area contributed by atoms with Gasteiger partial charge in [0.1, 0.15) is 17.0 Å². The Morgan fingerprint density at radius 2 is 1.88 bits per heavy atom. The molecule has 0 aliphatic heterocycles. The molecule has 4 heteroatoms. The van der Waals surface area contributed by atoms with E-state index in [2.05, 4.69) is 25.1 Å². The van der Waals surface area contributed by atoms with Crippen LogP contribution in [0.5, 0.6) is 11.5 Å². The summed E-state index contributed by atoms with van der Waals surface area (Å²) in [4.78, 5) is 11.5. The quantitative estimate of drug-likeness (QED) is 0.744. The van der Waals surface area contributed by atoms with Crippen LogP contribution < -0.4 is 10.5 Å². The van der Waals surface area contributed by atoms with Gasteiger partial charge in [-0.15, -0.1) is 0 Å². The number of carbonyl (C=O) groups is 1. The topological polar surface area (TPSA) is 72.5 Å². The number of hydrogen-bond donors (Lipinski definition) is 2. The van der Waals surface area contributed by atoms with Crippen molar-refractivity contribution in [1.29, 1.82) is 0 Å². The van der Waals surface area contributed by atoms with E-state index in [9.17, 15) is 9.90 Å². The van der Waals surface area contributed by atoms with Crippen LogP contribution in [0.3, 0.4) is 0 Å². The van der Waals surface area contributed by atoms with E-state index in [1.165, 1.54) is 0 Å². The third kappa shape index (κ3) is 2.82. The van der Waals surface area contributed by atoms with Crippen molar-refractivity contribution < 1.29 is 14.6 Å². The number of hydrogen-bond acceptors (Lipinski definition) is 3. The Kier molecular flexibility index (Phi) is 3.93. The van der Waals surface area contributed by atoms with Crippen molar-refractivity contribution in [1.82, 2.24) is 0 Å². The van der Waals surface area contributed by atoms with Crippen LogP contribution in [0.2, 0.25) is 0 Å². The highest BCUT2D eigenvalue weighted by atomic mass is 16.5. The lowest BCUT2D eigenvalue weighted by Crippen LogP contribution is -2.52. The minimum atomic E-state index is -1.19. The van der Waals surface area contributed by atoms with Crippen LogP contribution in [-0.4, -0.2) is 16.6 Å². The summed E-state index contributed by atoms with van der Waals surface area (Å²) in [5.74, 6) is 0.557. The highest BCUT2D eigenvalue weighted by Gasteiger charge is 2.37. The second-order valence-corrected chi connectivity index (χ2v) is 7.10. The number of rotatable bonds is 3. The normalized spacial score (nSPS) is 19.2. The molecule has 1 aliphatic carbocycles. The number of aryl methyl sites for hydroxylation is 2. The van der Waals surface area contributed by atoms with Crippen molar-refractivity contribution in [3.05, 3.63) is 71.3 Å². The molecule has 0 aromatic heterocycles. The molecule has 0 saturated heterocycles. The SMILES string of the molecule is Cc1cccc2cccc(Oc3ccc4c(c3)CC(N)(C(=O)O)CC4)c12. The molecule has 4 rings (SSSR count). The maximum absolute atomic E-state index is 11.5. The lowest BCUT2D eigenvalue weighted by atomic mass is 9.78. The minimum absolute atomic E-state index is 0.323. The number of nitrogens with two attached hydrogens (primary N) is 1. The fourth-order valence-corrected chi connectivity index (χ4v) is 3.74. The Balaban J connectivity index is 1.70. The van der Waals surface area contributed by atoms with Gasteiger partial charge in [0, 0.05) is 11.8 Å². The number of fused-ring (bicyclic) bond motifs is 2. The monoisotopic (exact) mass is 347 g/mol. The van der Waals surface area contributed by atoms with Crippen LogP contribution in [0.15, 0.2) is 54.6 Å². The first kappa shape index (κ1) is 16.6. The number of carboxylic acid groups (broad SMARTS) is 1. The molecule has 0 bridgehead atoms. The first-order valence-electron chi connectivity index (χ1n) is 8.76. The van der Waals surface area contributed by atoms with Gasteiger partial charge in [0.25, 0.3) is 0 Å². The predicted octanol–water partition coefficient (Wildman–Crippen LogP) is 4.21. The zero-order valence-corrected chi connectivity index (χ0v) is 14.7. The summed E-state index contributed by atoms with van der Waals surface area (Å²) in [6.07, 6.45) is 1.45. The fourth-order valence-electron chi connectivity index (χ4n) is 3.74. The number of benzene rings is 3. The van der Waals surface area contributed by atoms with Crippen molar-refractivity contribution in [2.24, 2.45) is 5.73 Å². The van der Waals surface area contributed by atoms with Gasteiger partial charge in [0.15, 0.2) is 0 Å². The van der Waals surface area contributed by atoms with Gasteiger partial charge in [0.2, 0.25) is 0 Å². The summed E-state index contributed by atoms with van der Waals surface area (Å²) in [7, 11) is 0. The summed E-state index contributed by atoms with van der Waals surface area (Å²) in [5.41, 5.74) is 8.14. The molecule has 0 saturated carbocycles. The lowest BCUT2D eigenvalue weighted by molar-refractivity contribution is -0.143. The van der Waals surface area contributed by atoms with Crippen LogP contribution >= 0.6 is 0 Å². The van der Waals surface area contributed by atoms with Gasteiger partial charge in [-0.05, 0) is 60.0 Å². The van der Waals surface area contributed by atoms with E-state index in [4.69, 9.17) is 10.5 Å². The van der Waals surface area contributed by atoms with E-state index in [-0.39, 0.29) is 0 Å². The predicted molar refractivity (Wildman–Crippen MR) is 102 cm³/mol. The van der Waals surface area contributed by atoms with Crippen molar-refractivity contribution >= 4 is 16.7 Å². The molecule has 0 radical (unpaired) electrons. The molecular weight excluding hydrogens is 326 g/mol. The van der Waals surface area contributed by atoms with Gasteiger partial charge < -0.3 is 15.6 Å². The van der Waals surface area contributed by atoms with Gasteiger partial charge >= 0.3 is 5.97 Å². The molecule has 1 aliphatic rings. The molecule has 3 aromatic carbocycles. The third-order valence-electron chi connectivity index (χ3n) is 5.25. The Morgan fingerprint density at radius 1 is 1.12 bits per heavy atom. The molecule has 0 amide bonds. The fraction of sp³-hybridized carbons (Fsp3) is 0.227. The molecule has 1 atom stereocenters. The molecule has 3 aromatic rings. The van der Waals surface area contributed by atoms with Gasteiger partial charge in [-0.2, -0.15) is 0 Å². The van der Waals surface area contributed by atoms with Crippen molar-refractivity contribution in [2.75, 3.05) is 0 Å². The molecule has 26 heavy (non-hydrogen) atoms. The van der Waals surface area contributed by atoms with Crippen LogP contribution in [0.25, 0.3) is 10.8 Å². The maximum Gasteiger partial charge on any atom is 0.324 e. The Hall–Kier alpha value is -2.85. The van der Waals surface area contributed by atoms with E-state index in [1.54, 1.807) is 0 Å². The largest absolute Gasteiger partial charge is 0.480 e. The third-order valence-corrected chi connectivity index (χ3v) is 5.25. The zero-order valence-electron chi connectivity index (χ0n) is 14.7. The number of ether oxygens (including phenoxy) is 1. The van der Waals surface area contributed by atoms with E-state index in [0.29, 0.717) is 25.0 Å². The molecule has 0 spiro atoms. The van der Waals surface area contributed by atoms with Crippen LogP contribution in [0.4, 0.5) is 0 Å². The summed E-state index contributed by atoms with van der Waals surface area (Å²) < 4.78 is 6.18. The standard InChI is InChI=1S/C22H21NO3/c1-14-4-2-5-16-6-3-7-19(20(14)16)26-18-9-8-15-10-11-22(23,21(24)25)13-17(15)12-18/h2-9,12H,10-11,13,23H2,1H3,(H,24,25). The van der Waals surface area contributed by atoms with E-state index in [0.717, 1.165) is 33.2 Å². The van der Waals surface area contributed by atoms with Crippen molar-refractivity contribution in [3.63, 3.8) is 0 Å². The van der Waals surface area contributed by atoms with Crippen LogP contribution in [0.1, 0.15) is 23.1 Å². The smallest absolute Gasteiger partial charge is 0.324 e. The van der Waals surface area contributed by atoms with Crippen molar-refractivity contribution in [3.8, 4) is 11.5 Å². The van der Waals surface area contributed by atoms with E-state index < -0.39 is 11.5 Å². The van der Waals surface area contributed by atoms with Crippen molar-refractivity contribution in [2.45, 2.75) is 31.7 Å². The lowest BCUT2D eigenvalue weighted by Gasteiger charge is -2.31. The second kappa shape index (κ2) is 6.15. The number of aliphatic carboxylic acids is 1. The first-order chi connectivity index (χ1) is 12.5. The molecule has 132 valence electrons. The average Bonchev–Trinajstić information content (AvgIpc) is 2.61. The summed E-state index contributed by atoms with van der Waals surface area (Å²) in [6.45, 7) is 2.07. The molecule has 4 nitrogen and oxygen atoms in total. The molecular formula is C22H21NO3. The zero-order chi connectivity index (χ0) is 18.3. The van der Waals surface area contributed by atoms with Gasteiger partial charge in [0.05, 0.1) is 0 Å². The number of carboxylic acids is 1.